The van der Waals surface area contributed by atoms with Gasteiger partial charge in [-0.1, -0.05) is 0 Å². The van der Waals surface area contributed by atoms with Crippen molar-refractivity contribution in [2.75, 3.05) is 32.8 Å². The van der Waals surface area contributed by atoms with Crippen molar-refractivity contribution >= 4 is 23.0 Å². The zero-order valence-corrected chi connectivity index (χ0v) is 20.5. The number of aromatic nitrogens is 2. The van der Waals surface area contributed by atoms with E-state index in [0.29, 0.717) is 19.0 Å². The maximum absolute atomic E-state index is 13.4. The van der Waals surface area contributed by atoms with E-state index < -0.39 is 17.5 Å². The van der Waals surface area contributed by atoms with E-state index in [0.717, 1.165) is 56.6 Å². The van der Waals surface area contributed by atoms with Gasteiger partial charge in [0.15, 0.2) is 17.5 Å². The molecule has 5 rings (SSSR count). The second-order valence-corrected chi connectivity index (χ2v) is 10.00. The number of benzene rings is 1. The highest BCUT2D eigenvalue weighted by Crippen LogP contribution is 2.35. The van der Waals surface area contributed by atoms with Crippen molar-refractivity contribution in [3.05, 3.63) is 71.3 Å². The number of carbonyl (C=O) groups excluding carboxylic acids is 1. The average molecular weight is 513 g/mol. The first-order chi connectivity index (χ1) is 17.9. The van der Waals surface area contributed by atoms with Crippen LogP contribution in [0.2, 0.25) is 0 Å². The first kappa shape index (κ1) is 25.5. The third-order valence-electron chi connectivity index (χ3n) is 7.93. The molecule has 2 saturated heterocycles. The van der Waals surface area contributed by atoms with Gasteiger partial charge in [0, 0.05) is 43.0 Å². The number of nitrogens with one attached hydrogen (secondary N) is 1. The largest absolute Gasteiger partial charge is 0.395 e. The molecule has 9 heteroatoms. The Labute approximate surface area is 213 Å². The van der Waals surface area contributed by atoms with Gasteiger partial charge in [-0.25, -0.2) is 18.2 Å². The number of halogens is 3. The van der Waals surface area contributed by atoms with Crippen molar-refractivity contribution in [2.45, 2.75) is 37.6 Å². The molecule has 196 valence electrons. The van der Waals surface area contributed by atoms with Gasteiger partial charge in [-0.3, -0.25) is 9.69 Å². The summed E-state index contributed by atoms with van der Waals surface area (Å²) in [4.78, 5) is 24.4. The fraction of sp³-hybridized carbons (Fsp3) is 0.429. The van der Waals surface area contributed by atoms with Crippen LogP contribution in [-0.4, -0.2) is 69.6 Å². The summed E-state index contributed by atoms with van der Waals surface area (Å²) in [5, 5.41) is 11.4. The standard InChI is InChI=1S/C28H31F3N4O2/c29-23-14-18(15-24(30)27(23)31)3-4-26(37)35-12-7-20(8-13-35)25(17-36)34-10-5-19(6-11-34)22-16-33-28-21(22)2-1-9-32-28/h1-4,9,14-16,19-20,25,36H,5-8,10-13,17H2,(H,32,33)/b4-3+. The Balaban J connectivity index is 1.14. The van der Waals surface area contributed by atoms with Crippen molar-refractivity contribution in [2.24, 2.45) is 5.92 Å². The van der Waals surface area contributed by atoms with Crippen LogP contribution in [0.1, 0.15) is 42.7 Å². The summed E-state index contributed by atoms with van der Waals surface area (Å²) in [6.45, 7) is 3.01. The molecule has 0 saturated carbocycles. The molecule has 2 aliphatic rings. The van der Waals surface area contributed by atoms with E-state index in [-0.39, 0.29) is 30.0 Å². The first-order valence-corrected chi connectivity index (χ1v) is 12.8. The minimum Gasteiger partial charge on any atom is -0.395 e. The van der Waals surface area contributed by atoms with Crippen LogP contribution in [-0.2, 0) is 4.79 Å². The molecule has 0 aliphatic carbocycles. The molecule has 3 aromatic rings. The number of aliphatic hydroxyl groups is 1. The van der Waals surface area contributed by atoms with Crippen LogP contribution < -0.4 is 0 Å². The number of hydrogen-bond acceptors (Lipinski definition) is 4. The van der Waals surface area contributed by atoms with Crippen molar-refractivity contribution in [1.29, 1.82) is 0 Å². The van der Waals surface area contributed by atoms with Gasteiger partial charge >= 0.3 is 0 Å². The van der Waals surface area contributed by atoms with E-state index in [1.165, 1.54) is 23.1 Å². The third-order valence-corrected chi connectivity index (χ3v) is 7.93. The third kappa shape index (κ3) is 5.43. The van der Waals surface area contributed by atoms with E-state index in [4.69, 9.17) is 0 Å². The summed E-state index contributed by atoms with van der Waals surface area (Å²) in [6, 6.07) is 5.85. The van der Waals surface area contributed by atoms with E-state index in [2.05, 4.69) is 27.1 Å². The number of amides is 1. The lowest BCUT2D eigenvalue weighted by Gasteiger charge is -2.43. The van der Waals surface area contributed by atoms with Crippen LogP contribution in [0.5, 0.6) is 0 Å². The lowest BCUT2D eigenvalue weighted by Crippen LogP contribution is -2.50. The van der Waals surface area contributed by atoms with Crippen molar-refractivity contribution in [3.8, 4) is 0 Å². The topological polar surface area (TPSA) is 72.5 Å². The highest BCUT2D eigenvalue weighted by molar-refractivity contribution is 5.91. The molecule has 0 spiro atoms. The molecule has 0 radical (unpaired) electrons. The number of pyridine rings is 1. The number of nitrogens with zero attached hydrogens (tertiary/aromatic N) is 3. The Morgan fingerprint density at radius 2 is 1.81 bits per heavy atom. The zero-order chi connectivity index (χ0) is 25.9. The Bertz CT molecular complexity index is 1250. The number of fused-ring (bicyclic) bond motifs is 1. The molecule has 1 amide bonds. The van der Waals surface area contributed by atoms with Crippen LogP contribution in [0.4, 0.5) is 13.2 Å². The summed E-state index contributed by atoms with van der Waals surface area (Å²) in [5.41, 5.74) is 2.32. The second-order valence-electron chi connectivity index (χ2n) is 10.00. The van der Waals surface area contributed by atoms with E-state index in [1.54, 1.807) is 11.1 Å². The maximum Gasteiger partial charge on any atom is 0.246 e. The minimum atomic E-state index is -1.52. The van der Waals surface area contributed by atoms with Crippen LogP contribution in [0, 0.1) is 23.4 Å². The van der Waals surface area contributed by atoms with Gasteiger partial charge in [-0.05, 0) is 92.1 Å². The van der Waals surface area contributed by atoms with Gasteiger partial charge < -0.3 is 15.0 Å². The minimum absolute atomic E-state index is 0.0588. The summed E-state index contributed by atoms with van der Waals surface area (Å²) >= 11 is 0. The zero-order valence-electron chi connectivity index (χ0n) is 20.5. The molecule has 1 aromatic carbocycles. The molecule has 2 N–H and O–H groups in total. The SMILES string of the molecule is O=C(/C=C/c1cc(F)c(F)c(F)c1)N1CCC(C(CO)N2CCC(c3c[nH]c4ncccc34)CC2)CC1. The normalized spacial score (nSPS) is 19.2. The highest BCUT2D eigenvalue weighted by Gasteiger charge is 2.34. The fourth-order valence-corrected chi connectivity index (χ4v) is 5.87. The van der Waals surface area contributed by atoms with Gasteiger partial charge in [0.25, 0.3) is 0 Å². The van der Waals surface area contributed by atoms with E-state index >= 15 is 0 Å². The molecule has 37 heavy (non-hydrogen) atoms. The van der Waals surface area contributed by atoms with Crippen molar-refractivity contribution in [1.82, 2.24) is 19.8 Å². The summed E-state index contributed by atoms with van der Waals surface area (Å²) in [6.07, 6.45) is 10.0. The summed E-state index contributed by atoms with van der Waals surface area (Å²) < 4.78 is 39.9. The molecule has 1 atom stereocenters. The Morgan fingerprint density at radius 3 is 2.49 bits per heavy atom. The first-order valence-electron chi connectivity index (χ1n) is 12.8. The smallest absolute Gasteiger partial charge is 0.246 e. The number of aliphatic hydroxyl groups excluding tert-OH is 1. The monoisotopic (exact) mass is 512 g/mol. The number of H-pyrrole nitrogens is 1. The van der Waals surface area contributed by atoms with Crippen LogP contribution in [0.3, 0.4) is 0 Å². The van der Waals surface area contributed by atoms with Gasteiger partial charge in [0.1, 0.15) is 5.65 Å². The number of aromatic amines is 1. The Morgan fingerprint density at radius 1 is 1.11 bits per heavy atom. The lowest BCUT2D eigenvalue weighted by atomic mass is 9.85. The molecule has 0 bridgehead atoms. The predicted molar refractivity (Wildman–Crippen MR) is 135 cm³/mol. The maximum atomic E-state index is 13.4. The van der Waals surface area contributed by atoms with Gasteiger partial charge in [0.05, 0.1) is 6.61 Å². The number of likely N-dealkylation sites (tertiary alicyclic amines) is 2. The Hall–Kier alpha value is -3.17. The fourth-order valence-electron chi connectivity index (χ4n) is 5.87. The molecule has 1 unspecified atom stereocenters. The molecular formula is C28H31F3N4O2. The Kier molecular flexibility index (Phi) is 7.62. The average Bonchev–Trinajstić information content (AvgIpc) is 3.36. The van der Waals surface area contributed by atoms with Gasteiger partial charge in [-0.2, -0.15) is 0 Å². The molecule has 2 fully saturated rings. The molecule has 4 heterocycles. The van der Waals surface area contributed by atoms with Gasteiger partial charge in [-0.15, -0.1) is 0 Å². The van der Waals surface area contributed by atoms with Crippen LogP contribution in [0.25, 0.3) is 17.1 Å². The van der Waals surface area contributed by atoms with Crippen LogP contribution >= 0.6 is 0 Å². The van der Waals surface area contributed by atoms with Crippen LogP contribution in [0.15, 0.2) is 42.7 Å². The van der Waals surface area contributed by atoms with E-state index in [9.17, 15) is 23.1 Å². The number of carbonyl (C=O) groups is 1. The molecular weight excluding hydrogens is 481 g/mol. The molecule has 2 aromatic heterocycles. The second kappa shape index (κ2) is 11.1. The lowest BCUT2D eigenvalue weighted by molar-refractivity contribution is -0.127. The summed E-state index contributed by atoms with van der Waals surface area (Å²) in [7, 11) is 0. The van der Waals surface area contributed by atoms with Gasteiger partial charge in [0.2, 0.25) is 5.91 Å². The van der Waals surface area contributed by atoms with E-state index in [1.807, 2.05) is 6.07 Å². The van der Waals surface area contributed by atoms with Crippen molar-refractivity contribution < 1.29 is 23.1 Å². The predicted octanol–water partition coefficient (Wildman–Crippen LogP) is 4.47. The number of piperidine rings is 2. The molecule has 6 nitrogen and oxygen atoms in total. The highest BCUT2D eigenvalue weighted by atomic mass is 19.2. The molecule has 2 aliphatic heterocycles. The quantitative estimate of drug-likeness (QED) is 0.378. The summed E-state index contributed by atoms with van der Waals surface area (Å²) in [5.74, 6) is -3.60. The number of rotatable bonds is 6. The van der Waals surface area contributed by atoms with Crippen molar-refractivity contribution in [3.63, 3.8) is 0 Å². The number of hydrogen-bond donors (Lipinski definition) is 2.